The molecular weight excluding hydrogens is 206 g/mol. The van der Waals surface area contributed by atoms with Crippen molar-refractivity contribution in [1.82, 2.24) is 4.90 Å². The van der Waals surface area contributed by atoms with Crippen molar-refractivity contribution in [2.24, 2.45) is 0 Å². The first kappa shape index (κ1) is 11.1. The van der Waals surface area contributed by atoms with Gasteiger partial charge in [-0.05, 0) is 25.1 Å². The van der Waals surface area contributed by atoms with E-state index in [1.165, 1.54) is 6.07 Å². The number of rotatable bonds is 2. The molecule has 0 aliphatic carbocycles. The lowest BCUT2D eigenvalue weighted by atomic mass is 9.89. The second-order valence-electron chi connectivity index (χ2n) is 4.37. The maximum Gasteiger partial charge on any atom is 0.336 e. The summed E-state index contributed by atoms with van der Waals surface area (Å²) in [5.41, 5.74) is -0.309. The molecule has 0 radical (unpaired) electrons. The van der Waals surface area contributed by atoms with Crippen LogP contribution < -0.4 is 0 Å². The molecule has 1 aromatic carbocycles. The molecule has 0 bridgehead atoms. The Morgan fingerprint density at radius 2 is 2.12 bits per heavy atom. The van der Waals surface area contributed by atoms with E-state index in [2.05, 4.69) is 0 Å². The minimum Gasteiger partial charge on any atom is -0.478 e. The largest absolute Gasteiger partial charge is 0.478 e. The number of aliphatic hydroxyl groups is 1. The summed E-state index contributed by atoms with van der Waals surface area (Å²) in [5, 5.41) is 19.5. The van der Waals surface area contributed by atoms with Crippen LogP contribution in [-0.4, -0.2) is 41.2 Å². The zero-order valence-corrected chi connectivity index (χ0v) is 9.18. The third-order valence-electron chi connectivity index (χ3n) is 3.10. The first-order chi connectivity index (χ1) is 7.53. The molecule has 0 amide bonds. The zero-order chi connectivity index (χ0) is 11.8. The summed E-state index contributed by atoms with van der Waals surface area (Å²) in [6, 6.07) is 6.67. The van der Waals surface area contributed by atoms with Gasteiger partial charge in [0.1, 0.15) is 5.60 Å². The number of hydrogen-bond acceptors (Lipinski definition) is 3. The Kier molecular flexibility index (Phi) is 2.69. The van der Waals surface area contributed by atoms with Gasteiger partial charge in [-0.25, -0.2) is 4.79 Å². The number of nitrogens with zero attached hydrogens (tertiary/aromatic N) is 1. The predicted molar refractivity (Wildman–Crippen MR) is 59.4 cm³/mol. The normalized spacial score (nSPS) is 25.9. The highest BCUT2D eigenvalue weighted by Crippen LogP contribution is 2.33. The Labute approximate surface area is 94.1 Å². The maximum absolute atomic E-state index is 11.1. The first-order valence-electron chi connectivity index (χ1n) is 5.27. The number of carboxylic acids is 1. The molecule has 86 valence electrons. The molecule has 0 aromatic heterocycles. The minimum absolute atomic E-state index is 0.195. The molecule has 1 aliphatic rings. The maximum atomic E-state index is 11.1. The zero-order valence-electron chi connectivity index (χ0n) is 9.18. The number of hydrogen-bond donors (Lipinski definition) is 2. The lowest BCUT2D eigenvalue weighted by Crippen LogP contribution is -2.31. The van der Waals surface area contributed by atoms with Crippen molar-refractivity contribution in [2.75, 3.05) is 20.1 Å². The summed E-state index contributed by atoms with van der Waals surface area (Å²) in [6.45, 7) is 1.27. The van der Waals surface area contributed by atoms with Gasteiger partial charge in [-0.3, -0.25) is 0 Å². The van der Waals surface area contributed by atoms with Crippen LogP contribution in [0.25, 0.3) is 0 Å². The van der Waals surface area contributed by atoms with Gasteiger partial charge in [0.2, 0.25) is 0 Å². The summed E-state index contributed by atoms with van der Waals surface area (Å²) < 4.78 is 0. The Morgan fingerprint density at radius 3 is 2.69 bits per heavy atom. The number of carboxylic acid groups (broad SMARTS) is 1. The van der Waals surface area contributed by atoms with E-state index in [9.17, 15) is 9.90 Å². The van der Waals surface area contributed by atoms with Gasteiger partial charge in [0, 0.05) is 13.1 Å². The van der Waals surface area contributed by atoms with Crippen molar-refractivity contribution in [3.63, 3.8) is 0 Å². The molecule has 1 unspecified atom stereocenters. The molecule has 1 heterocycles. The highest BCUT2D eigenvalue weighted by atomic mass is 16.4. The van der Waals surface area contributed by atoms with Gasteiger partial charge in [-0.1, -0.05) is 18.2 Å². The van der Waals surface area contributed by atoms with Crippen molar-refractivity contribution in [2.45, 2.75) is 12.0 Å². The van der Waals surface area contributed by atoms with E-state index in [1.54, 1.807) is 18.2 Å². The topological polar surface area (TPSA) is 60.8 Å². The molecule has 4 heteroatoms. The second kappa shape index (κ2) is 3.88. The van der Waals surface area contributed by atoms with Crippen molar-refractivity contribution < 1.29 is 15.0 Å². The summed E-state index contributed by atoms with van der Waals surface area (Å²) >= 11 is 0. The summed E-state index contributed by atoms with van der Waals surface area (Å²) in [4.78, 5) is 13.1. The van der Waals surface area contributed by atoms with Gasteiger partial charge in [-0.2, -0.15) is 0 Å². The molecule has 16 heavy (non-hydrogen) atoms. The van der Waals surface area contributed by atoms with E-state index in [4.69, 9.17) is 5.11 Å². The fourth-order valence-electron chi connectivity index (χ4n) is 2.28. The summed E-state index contributed by atoms with van der Waals surface area (Å²) in [6.07, 6.45) is 0.577. The lowest BCUT2D eigenvalue weighted by Gasteiger charge is -2.24. The van der Waals surface area contributed by atoms with Crippen LogP contribution in [0.3, 0.4) is 0 Å². The molecule has 4 nitrogen and oxygen atoms in total. The van der Waals surface area contributed by atoms with Crippen LogP contribution in [0.5, 0.6) is 0 Å². The predicted octanol–water partition coefficient (Wildman–Crippen LogP) is 0.908. The molecule has 1 aliphatic heterocycles. The van der Waals surface area contributed by atoms with Crippen LogP contribution in [0.2, 0.25) is 0 Å². The number of β-amino-alcohol motifs (C(OH)–C–C–N with tert-alkyl or cyclic N) is 1. The average Bonchev–Trinajstić information content (AvgIpc) is 2.60. The van der Waals surface area contributed by atoms with Gasteiger partial charge in [0.05, 0.1) is 5.56 Å². The average molecular weight is 221 g/mol. The number of carbonyl (C=O) groups is 1. The molecule has 1 aromatic rings. The van der Waals surface area contributed by atoms with Crippen molar-refractivity contribution >= 4 is 5.97 Å². The number of likely N-dealkylation sites (N-methyl/N-ethyl adjacent to an activating group) is 1. The first-order valence-corrected chi connectivity index (χ1v) is 5.27. The Hall–Kier alpha value is -1.39. The van der Waals surface area contributed by atoms with Crippen LogP contribution in [0.4, 0.5) is 0 Å². The van der Waals surface area contributed by atoms with E-state index in [-0.39, 0.29) is 5.56 Å². The number of likely N-dealkylation sites (tertiary alicyclic amines) is 1. The van der Waals surface area contributed by atoms with Crippen LogP contribution >= 0.6 is 0 Å². The highest BCUT2D eigenvalue weighted by Gasteiger charge is 2.38. The van der Waals surface area contributed by atoms with Gasteiger partial charge in [0.25, 0.3) is 0 Å². The standard InChI is InChI=1S/C12H15NO3/c1-13-7-6-12(16,8-13)10-5-3-2-4-9(10)11(14)15/h2-5,16H,6-8H2,1H3,(H,14,15). The fourth-order valence-corrected chi connectivity index (χ4v) is 2.28. The third-order valence-corrected chi connectivity index (χ3v) is 3.10. The van der Waals surface area contributed by atoms with E-state index >= 15 is 0 Å². The van der Waals surface area contributed by atoms with Crippen LogP contribution in [-0.2, 0) is 5.60 Å². The highest BCUT2D eigenvalue weighted by molar-refractivity contribution is 5.89. The fraction of sp³-hybridized carbons (Fsp3) is 0.417. The van der Waals surface area contributed by atoms with Crippen molar-refractivity contribution in [3.05, 3.63) is 35.4 Å². The van der Waals surface area contributed by atoms with E-state index in [1.807, 2.05) is 11.9 Å². The van der Waals surface area contributed by atoms with E-state index < -0.39 is 11.6 Å². The molecule has 0 spiro atoms. The van der Waals surface area contributed by atoms with Crippen LogP contribution in [0, 0.1) is 0 Å². The Balaban J connectivity index is 2.44. The number of aromatic carboxylic acids is 1. The van der Waals surface area contributed by atoms with E-state index in [0.717, 1.165) is 6.54 Å². The van der Waals surface area contributed by atoms with E-state index in [0.29, 0.717) is 18.5 Å². The van der Waals surface area contributed by atoms with Gasteiger partial charge >= 0.3 is 5.97 Å². The monoisotopic (exact) mass is 221 g/mol. The molecule has 0 saturated carbocycles. The van der Waals surface area contributed by atoms with Crippen LogP contribution in [0.1, 0.15) is 22.3 Å². The van der Waals surface area contributed by atoms with Gasteiger partial charge in [0.15, 0.2) is 0 Å². The Morgan fingerprint density at radius 1 is 1.44 bits per heavy atom. The summed E-state index contributed by atoms with van der Waals surface area (Å²) in [5.74, 6) is -0.987. The molecule has 1 fully saturated rings. The molecular formula is C12H15NO3. The quantitative estimate of drug-likeness (QED) is 0.779. The van der Waals surface area contributed by atoms with Gasteiger partial charge < -0.3 is 15.1 Å². The van der Waals surface area contributed by atoms with Gasteiger partial charge in [-0.15, -0.1) is 0 Å². The second-order valence-corrected chi connectivity index (χ2v) is 4.37. The number of benzene rings is 1. The molecule has 1 saturated heterocycles. The summed E-state index contributed by atoms with van der Waals surface area (Å²) in [7, 11) is 1.92. The van der Waals surface area contributed by atoms with Crippen molar-refractivity contribution in [3.8, 4) is 0 Å². The Bertz CT molecular complexity index is 418. The SMILES string of the molecule is CN1CCC(O)(c2ccccc2C(=O)O)C1. The smallest absolute Gasteiger partial charge is 0.336 e. The minimum atomic E-state index is -1.02. The molecule has 1 atom stereocenters. The van der Waals surface area contributed by atoms with Crippen molar-refractivity contribution in [1.29, 1.82) is 0 Å². The molecule has 2 N–H and O–H groups in total. The third kappa shape index (κ3) is 1.81. The van der Waals surface area contributed by atoms with Crippen LogP contribution in [0.15, 0.2) is 24.3 Å². The molecule has 2 rings (SSSR count). The lowest BCUT2D eigenvalue weighted by molar-refractivity contribution is 0.0448.